The summed E-state index contributed by atoms with van der Waals surface area (Å²) in [5, 5.41) is 0. The van der Waals surface area contributed by atoms with Crippen molar-refractivity contribution in [1.82, 2.24) is 4.98 Å². The van der Waals surface area contributed by atoms with E-state index in [1.165, 1.54) is 5.56 Å². The standard InChI is InChI=1S/C16H15BrN2O/c17-14-9-13(10-18-11-14)16(20)19-8-4-3-6-12-5-1-2-7-15(12)19/h1-2,5,7,9-11H,3-4,6,8H2. The average molecular weight is 331 g/mol. The van der Waals surface area contributed by atoms with E-state index in [1.54, 1.807) is 12.4 Å². The number of pyridine rings is 1. The Bertz CT molecular complexity index is 642. The van der Waals surface area contributed by atoms with Gasteiger partial charge in [0.25, 0.3) is 5.91 Å². The van der Waals surface area contributed by atoms with Gasteiger partial charge in [0.05, 0.1) is 5.56 Å². The molecule has 0 spiro atoms. The summed E-state index contributed by atoms with van der Waals surface area (Å²) in [5.41, 5.74) is 2.91. The van der Waals surface area contributed by atoms with Gasteiger partial charge in [-0.05, 0) is 52.9 Å². The van der Waals surface area contributed by atoms with Crippen molar-refractivity contribution >= 4 is 27.5 Å². The van der Waals surface area contributed by atoms with Gasteiger partial charge in [0.2, 0.25) is 0 Å². The van der Waals surface area contributed by atoms with E-state index in [0.717, 1.165) is 36.0 Å². The molecule has 4 heteroatoms. The summed E-state index contributed by atoms with van der Waals surface area (Å²) in [4.78, 5) is 18.7. The van der Waals surface area contributed by atoms with Crippen molar-refractivity contribution in [3.05, 3.63) is 58.3 Å². The lowest BCUT2D eigenvalue weighted by molar-refractivity contribution is 0.0986. The average Bonchev–Trinajstić information content (AvgIpc) is 2.69. The lowest BCUT2D eigenvalue weighted by Gasteiger charge is -2.22. The Hall–Kier alpha value is -1.68. The Labute approximate surface area is 126 Å². The van der Waals surface area contributed by atoms with Crippen LogP contribution in [0.25, 0.3) is 0 Å². The van der Waals surface area contributed by atoms with Gasteiger partial charge in [-0.15, -0.1) is 0 Å². The molecule has 20 heavy (non-hydrogen) atoms. The second-order valence-electron chi connectivity index (χ2n) is 4.93. The number of para-hydroxylation sites is 1. The van der Waals surface area contributed by atoms with E-state index in [2.05, 4.69) is 27.0 Å². The minimum atomic E-state index is 0.0214. The van der Waals surface area contributed by atoms with E-state index in [1.807, 2.05) is 29.2 Å². The van der Waals surface area contributed by atoms with Crippen LogP contribution in [0.5, 0.6) is 0 Å². The molecular weight excluding hydrogens is 316 g/mol. The van der Waals surface area contributed by atoms with E-state index in [0.29, 0.717) is 5.56 Å². The lowest BCUT2D eigenvalue weighted by Crippen LogP contribution is -2.31. The van der Waals surface area contributed by atoms with Crippen molar-refractivity contribution in [2.45, 2.75) is 19.3 Å². The Balaban J connectivity index is 1.99. The van der Waals surface area contributed by atoms with Gasteiger partial charge in [0.15, 0.2) is 0 Å². The third kappa shape index (κ3) is 2.61. The Morgan fingerprint density at radius 2 is 2.05 bits per heavy atom. The lowest BCUT2D eigenvalue weighted by atomic mass is 10.1. The number of carbonyl (C=O) groups is 1. The highest BCUT2D eigenvalue weighted by molar-refractivity contribution is 9.10. The van der Waals surface area contributed by atoms with E-state index in [-0.39, 0.29) is 5.91 Å². The molecule has 2 heterocycles. The maximum absolute atomic E-state index is 12.7. The number of rotatable bonds is 1. The maximum Gasteiger partial charge on any atom is 0.259 e. The van der Waals surface area contributed by atoms with Crippen LogP contribution >= 0.6 is 15.9 Å². The number of halogens is 1. The predicted molar refractivity (Wildman–Crippen MR) is 83.0 cm³/mol. The topological polar surface area (TPSA) is 33.2 Å². The third-order valence-corrected chi connectivity index (χ3v) is 3.99. The fourth-order valence-corrected chi connectivity index (χ4v) is 2.95. The summed E-state index contributed by atoms with van der Waals surface area (Å²) >= 11 is 3.37. The maximum atomic E-state index is 12.7. The smallest absolute Gasteiger partial charge is 0.259 e. The highest BCUT2D eigenvalue weighted by Gasteiger charge is 2.22. The van der Waals surface area contributed by atoms with Gasteiger partial charge in [-0.3, -0.25) is 9.78 Å². The number of amides is 1. The largest absolute Gasteiger partial charge is 0.308 e. The molecule has 1 aromatic carbocycles. The molecule has 102 valence electrons. The number of aryl methyl sites for hydroxylation is 1. The second-order valence-corrected chi connectivity index (χ2v) is 5.85. The Kier molecular flexibility index (Phi) is 3.83. The third-order valence-electron chi connectivity index (χ3n) is 3.56. The molecular formula is C16H15BrN2O. The van der Waals surface area contributed by atoms with Crippen LogP contribution in [0.1, 0.15) is 28.8 Å². The van der Waals surface area contributed by atoms with Crippen LogP contribution in [0.2, 0.25) is 0 Å². The van der Waals surface area contributed by atoms with Crippen LogP contribution in [0, 0.1) is 0 Å². The molecule has 0 saturated carbocycles. The minimum absolute atomic E-state index is 0.0214. The van der Waals surface area contributed by atoms with Gasteiger partial charge in [-0.25, -0.2) is 0 Å². The molecule has 0 saturated heterocycles. The van der Waals surface area contributed by atoms with Crippen LogP contribution in [-0.4, -0.2) is 17.4 Å². The van der Waals surface area contributed by atoms with Crippen LogP contribution in [-0.2, 0) is 6.42 Å². The molecule has 3 nitrogen and oxygen atoms in total. The molecule has 1 aliphatic heterocycles. The van der Waals surface area contributed by atoms with Crippen molar-refractivity contribution in [3.8, 4) is 0 Å². The van der Waals surface area contributed by atoms with Gasteiger partial charge in [-0.2, -0.15) is 0 Å². The van der Waals surface area contributed by atoms with Gasteiger partial charge in [0.1, 0.15) is 0 Å². The first-order valence-electron chi connectivity index (χ1n) is 6.76. The van der Waals surface area contributed by atoms with Crippen molar-refractivity contribution in [3.63, 3.8) is 0 Å². The fraction of sp³-hybridized carbons (Fsp3) is 0.250. The summed E-state index contributed by atoms with van der Waals surface area (Å²) in [6.07, 6.45) is 6.50. The van der Waals surface area contributed by atoms with Gasteiger partial charge in [0, 0.05) is 29.1 Å². The minimum Gasteiger partial charge on any atom is -0.308 e. The van der Waals surface area contributed by atoms with Gasteiger partial charge in [-0.1, -0.05) is 18.2 Å². The van der Waals surface area contributed by atoms with E-state index in [9.17, 15) is 4.79 Å². The molecule has 0 aliphatic carbocycles. The number of fused-ring (bicyclic) bond motifs is 1. The molecule has 1 aliphatic rings. The van der Waals surface area contributed by atoms with Gasteiger partial charge >= 0.3 is 0 Å². The predicted octanol–water partition coefficient (Wildman–Crippen LogP) is 3.83. The molecule has 0 fully saturated rings. The number of benzene rings is 1. The normalized spacial score (nSPS) is 14.6. The number of carbonyl (C=O) groups excluding carboxylic acids is 1. The molecule has 0 bridgehead atoms. The highest BCUT2D eigenvalue weighted by Crippen LogP contribution is 2.27. The van der Waals surface area contributed by atoms with Crippen LogP contribution in [0.3, 0.4) is 0 Å². The summed E-state index contributed by atoms with van der Waals surface area (Å²) in [5.74, 6) is 0.0214. The number of hydrogen-bond acceptors (Lipinski definition) is 2. The number of nitrogens with zero attached hydrogens (tertiary/aromatic N) is 2. The Morgan fingerprint density at radius 1 is 1.20 bits per heavy atom. The zero-order chi connectivity index (χ0) is 13.9. The number of hydrogen-bond donors (Lipinski definition) is 0. The number of aromatic nitrogens is 1. The molecule has 1 aromatic heterocycles. The number of anilines is 1. The molecule has 0 atom stereocenters. The summed E-state index contributed by atoms with van der Waals surface area (Å²) in [6, 6.07) is 9.99. The molecule has 0 N–H and O–H groups in total. The van der Waals surface area contributed by atoms with E-state index < -0.39 is 0 Å². The molecule has 2 aromatic rings. The summed E-state index contributed by atoms with van der Waals surface area (Å²) in [7, 11) is 0. The summed E-state index contributed by atoms with van der Waals surface area (Å²) in [6.45, 7) is 0.766. The zero-order valence-corrected chi connectivity index (χ0v) is 12.6. The molecule has 1 amide bonds. The van der Waals surface area contributed by atoms with Crippen LogP contribution in [0.4, 0.5) is 5.69 Å². The first kappa shape index (κ1) is 13.3. The monoisotopic (exact) mass is 330 g/mol. The van der Waals surface area contributed by atoms with E-state index >= 15 is 0 Å². The fourth-order valence-electron chi connectivity index (χ4n) is 2.59. The van der Waals surface area contributed by atoms with Crippen LogP contribution in [0.15, 0.2) is 47.2 Å². The van der Waals surface area contributed by atoms with Crippen LogP contribution < -0.4 is 4.90 Å². The van der Waals surface area contributed by atoms with Gasteiger partial charge < -0.3 is 4.90 Å². The van der Waals surface area contributed by atoms with Crippen molar-refractivity contribution in [1.29, 1.82) is 0 Å². The quantitative estimate of drug-likeness (QED) is 0.796. The van der Waals surface area contributed by atoms with Crippen molar-refractivity contribution in [2.75, 3.05) is 11.4 Å². The second kappa shape index (κ2) is 5.75. The summed E-state index contributed by atoms with van der Waals surface area (Å²) < 4.78 is 0.825. The molecule has 0 radical (unpaired) electrons. The molecule has 3 rings (SSSR count). The van der Waals surface area contributed by atoms with E-state index in [4.69, 9.17) is 0 Å². The first-order chi connectivity index (χ1) is 9.75. The zero-order valence-electron chi connectivity index (χ0n) is 11.1. The highest BCUT2D eigenvalue weighted by atomic mass is 79.9. The molecule has 0 unspecified atom stereocenters. The first-order valence-corrected chi connectivity index (χ1v) is 7.55. The SMILES string of the molecule is O=C(c1cncc(Br)c1)N1CCCCc2ccccc21. The Morgan fingerprint density at radius 3 is 2.90 bits per heavy atom. The van der Waals surface area contributed by atoms with Crippen molar-refractivity contribution in [2.24, 2.45) is 0 Å². The van der Waals surface area contributed by atoms with Crippen molar-refractivity contribution < 1.29 is 4.79 Å².